The van der Waals surface area contributed by atoms with E-state index in [1.54, 1.807) is 12.1 Å². The number of nitrogen functional groups attached to an aromatic ring is 1. The van der Waals surface area contributed by atoms with Gasteiger partial charge >= 0.3 is 0 Å². The third kappa shape index (κ3) is 5.37. The molecule has 37 heavy (non-hydrogen) atoms. The van der Waals surface area contributed by atoms with E-state index in [1.165, 1.54) is 4.31 Å². The molecule has 10 heteroatoms. The van der Waals surface area contributed by atoms with Crippen LogP contribution in [0.15, 0.2) is 70.0 Å². The summed E-state index contributed by atoms with van der Waals surface area (Å²) in [6.45, 7) is 2.90. The summed E-state index contributed by atoms with van der Waals surface area (Å²) in [6.07, 6.45) is 1.49. The molecule has 2 aliphatic rings. The first-order valence-corrected chi connectivity index (χ1v) is 14.6. The Morgan fingerprint density at radius 2 is 1.57 bits per heavy atom. The first-order valence-electron chi connectivity index (χ1n) is 12.4. The lowest BCUT2D eigenvalue weighted by molar-refractivity contribution is -0.137. The second kappa shape index (κ2) is 10.4. The van der Waals surface area contributed by atoms with Crippen LogP contribution in [0, 0.1) is 11.3 Å². The summed E-state index contributed by atoms with van der Waals surface area (Å²) in [5.74, 6) is 0.0996. The van der Waals surface area contributed by atoms with Gasteiger partial charge in [-0.1, -0.05) is 40.2 Å². The first kappa shape index (κ1) is 25.7. The van der Waals surface area contributed by atoms with E-state index in [-0.39, 0.29) is 22.6 Å². The summed E-state index contributed by atoms with van der Waals surface area (Å²) in [4.78, 5) is 17.6. The number of piperidine rings is 1. The molecule has 0 spiro atoms. The molecule has 0 unspecified atom stereocenters. The van der Waals surface area contributed by atoms with Crippen molar-refractivity contribution in [1.82, 2.24) is 9.21 Å². The van der Waals surface area contributed by atoms with Crippen LogP contribution in [0.4, 0.5) is 5.69 Å². The molecular formula is C27H30BrN5O3S. The number of carbonyl (C=O) groups is 1. The summed E-state index contributed by atoms with van der Waals surface area (Å²) in [7, 11) is -3.63. The molecule has 0 aromatic heterocycles. The number of rotatable bonds is 5. The van der Waals surface area contributed by atoms with Gasteiger partial charge in [0.25, 0.3) is 0 Å². The van der Waals surface area contributed by atoms with E-state index in [0.717, 1.165) is 46.9 Å². The fraction of sp³-hybridized carbons (Fsp3) is 0.333. The third-order valence-corrected chi connectivity index (χ3v) is 9.72. The van der Waals surface area contributed by atoms with E-state index in [2.05, 4.69) is 20.8 Å². The minimum absolute atomic E-state index is 0.0435. The second-order valence-electron chi connectivity index (χ2n) is 9.61. The molecular weight excluding hydrogens is 554 g/mol. The normalized spacial score (nSPS) is 17.8. The number of nitrogens with zero attached hydrogens (tertiary/aromatic N) is 3. The summed E-state index contributed by atoms with van der Waals surface area (Å²) >= 11 is 3.45. The molecule has 3 N–H and O–H groups in total. The number of hydrogen-bond acceptors (Lipinski definition) is 5. The Balaban J connectivity index is 1.18. The van der Waals surface area contributed by atoms with Crippen LogP contribution in [0.25, 0.3) is 10.8 Å². The maximum Gasteiger partial charge on any atom is 0.243 e. The number of halogens is 1. The predicted octanol–water partition coefficient (Wildman–Crippen LogP) is 3.64. The third-order valence-electron chi connectivity index (χ3n) is 7.33. The van der Waals surface area contributed by atoms with Gasteiger partial charge in [-0.15, -0.1) is 0 Å². The van der Waals surface area contributed by atoms with Crippen molar-refractivity contribution in [3.63, 3.8) is 0 Å². The van der Waals surface area contributed by atoms with Gasteiger partial charge < -0.3 is 15.5 Å². The number of amides is 1. The number of fused-ring (bicyclic) bond motifs is 1. The molecule has 0 aliphatic carbocycles. The van der Waals surface area contributed by atoms with Crippen molar-refractivity contribution in [2.45, 2.75) is 17.7 Å². The van der Waals surface area contributed by atoms with Crippen LogP contribution in [0.1, 0.15) is 18.4 Å². The number of amidine groups is 1. The SMILES string of the molecule is N=C(N)c1cccc(N2CCC(C(=O)N3CCN(S(=O)(=O)c4ccc5cc(Br)ccc5c4)CC3)CC2)c1. The van der Waals surface area contributed by atoms with E-state index in [0.29, 0.717) is 31.7 Å². The molecule has 5 rings (SSSR count). The van der Waals surface area contributed by atoms with Crippen LogP contribution < -0.4 is 10.6 Å². The Hall–Kier alpha value is -2.95. The van der Waals surface area contributed by atoms with E-state index in [9.17, 15) is 13.2 Å². The summed E-state index contributed by atoms with van der Waals surface area (Å²) < 4.78 is 29.0. The average molecular weight is 585 g/mol. The summed E-state index contributed by atoms with van der Waals surface area (Å²) in [5, 5.41) is 9.50. The Bertz CT molecular complexity index is 1450. The highest BCUT2D eigenvalue weighted by Gasteiger charge is 2.34. The Morgan fingerprint density at radius 1 is 0.892 bits per heavy atom. The molecule has 3 aromatic carbocycles. The highest BCUT2D eigenvalue weighted by molar-refractivity contribution is 9.10. The number of hydrogen-bond donors (Lipinski definition) is 2. The molecule has 2 heterocycles. The Labute approximate surface area is 225 Å². The van der Waals surface area contributed by atoms with Crippen LogP contribution in [0.2, 0.25) is 0 Å². The molecule has 2 saturated heterocycles. The molecule has 2 fully saturated rings. The monoisotopic (exact) mass is 583 g/mol. The number of sulfonamides is 1. The summed E-state index contributed by atoms with van der Waals surface area (Å²) in [6, 6.07) is 18.6. The van der Waals surface area contributed by atoms with Gasteiger partial charge in [0, 0.05) is 60.9 Å². The van der Waals surface area contributed by atoms with Crippen molar-refractivity contribution in [3.05, 3.63) is 70.7 Å². The lowest BCUT2D eigenvalue weighted by Crippen LogP contribution is -2.52. The van der Waals surface area contributed by atoms with Crippen LogP contribution >= 0.6 is 15.9 Å². The molecule has 3 aromatic rings. The maximum absolute atomic E-state index is 13.3. The van der Waals surface area contributed by atoms with E-state index in [1.807, 2.05) is 53.4 Å². The number of benzene rings is 3. The highest BCUT2D eigenvalue weighted by Crippen LogP contribution is 2.28. The topological polar surface area (TPSA) is 111 Å². The quantitative estimate of drug-likeness (QED) is 0.352. The fourth-order valence-corrected chi connectivity index (χ4v) is 7.00. The van der Waals surface area contributed by atoms with Crippen molar-refractivity contribution in [1.29, 1.82) is 5.41 Å². The number of carbonyl (C=O) groups excluding carboxylic acids is 1. The van der Waals surface area contributed by atoms with Crippen LogP contribution in [0.3, 0.4) is 0 Å². The molecule has 0 atom stereocenters. The first-order chi connectivity index (χ1) is 17.7. The van der Waals surface area contributed by atoms with Gasteiger partial charge in [-0.05, 0) is 60.0 Å². The highest BCUT2D eigenvalue weighted by atomic mass is 79.9. The molecule has 0 radical (unpaired) electrons. The maximum atomic E-state index is 13.3. The predicted molar refractivity (Wildman–Crippen MR) is 149 cm³/mol. The van der Waals surface area contributed by atoms with Gasteiger partial charge in [0.2, 0.25) is 15.9 Å². The zero-order chi connectivity index (χ0) is 26.2. The van der Waals surface area contributed by atoms with Gasteiger partial charge in [-0.2, -0.15) is 4.31 Å². The Kier molecular flexibility index (Phi) is 7.24. The van der Waals surface area contributed by atoms with Crippen molar-refractivity contribution in [3.8, 4) is 0 Å². The average Bonchev–Trinajstić information content (AvgIpc) is 2.92. The zero-order valence-electron chi connectivity index (χ0n) is 20.4. The molecule has 1 amide bonds. The molecule has 194 valence electrons. The zero-order valence-corrected chi connectivity index (χ0v) is 22.8. The van der Waals surface area contributed by atoms with Gasteiger partial charge in [0.05, 0.1) is 4.90 Å². The molecule has 0 bridgehead atoms. The van der Waals surface area contributed by atoms with Crippen molar-refractivity contribution >= 4 is 54.2 Å². The minimum Gasteiger partial charge on any atom is -0.384 e. The standard InChI is InChI=1S/C27H30BrN5O3S/c28-23-6-4-21-18-25(7-5-20(21)16-23)37(35,36)33-14-12-32(13-15-33)27(34)19-8-10-31(11-9-19)24-3-1-2-22(17-24)26(29)30/h1-7,16-19H,8-15H2,(H3,29,30). The van der Waals surface area contributed by atoms with Crippen molar-refractivity contribution in [2.24, 2.45) is 11.7 Å². The van der Waals surface area contributed by atoms with E-state index < -0.39 is 10.0 Å². The second-order valence-corrected chi connectivity index (χ2v) is 12.5. The summed E-state index contributed by atoms with van der Waals surface area (Å²) in [5.41, 5.74) is 7.33. The number of piperazine rings is 1. The lowest BCUT2D eigenvalue weighted by Gasteiger charge is -2.38. The molecule has 8 nitrogen and oxygen atoms in total. The van der Waals surface area contributed by atoms with Crippen molar-refractivity contribution in [2.75, 3.05) is 44.2 Å². The Morgan fingerprint density at radius 3 is 2.27 bits per heavy atom. The minimum atomic E-state index is -3.63. The molecule has 2 aliphatic heterocycles. The van der Waals surface area contributed by atoms with Crippen LogP contribution in [0.5, 0.6) is 0 Å². The van der Waals surface area contributed by atoms with E-state index >= 15 is 0 Å². The van der Waals surface area contributed by atoms with Gasteiger partial charge in [-0.25, -0.2) is 8.42 Å². The van der Waals surface area contributed by atoms with Gasteiger partial charge in [0.1, 0.15) is 5.84 Å². The number of nitrogens with two attached hydrogens (primary N) is 1. The lowest BCUT2D eigenvalue weighted by atomic mass is 9.94. The van der Waals surface area contributed by atoms with Crippen LogP contribution in [-0.4, -0.2) is 68.6 Å². The largest absolute Gasteiger partial charge is 0.384 e. The van der Waals surface area contributed by atoms with Crippen LogP contribution in [-0.2, 0) is 14.8 Å². The number of nitrogens with one attached hydrogen (secondary N) is 1. The number of anilines is 1. The molecule has 0 saturated carbocycles. The fourth-order valence-electron chi connectivity index (χ4n) is 5.17. The van der Waals surface area contributed by atoms with Crippen molar-refractivity contribution < 1.29 is 13.2 Å². The van der Waals surface area contributed by atoms with Gasteiger partial charge in [-0.3, -0.25) is 10.2 Å². The smallest absolute Gasteiger partial charge is 0.243 e. The van der Waals surface area contributed by atoms with E-state index in [4.69, 9.17) is 11.1 Å². The van der Waals surface area contributed by atoms with Gasteiger partial charge in [0.15, 0.2) is 0 Å².